The van der Waals surface area contributed by atoms with Gasteiger partial charge >= 0.3 is 13.2 Å². The molecule has 2 aliphatic rings. The molecule has 100 valence electrons. The van der Waals surface area contributed by atoms with Gasteiger partial charge in [0.2, 0.25) is 0 Å². The summed E-state index contributed by atoms with van der Waals surface area (Å²) in [6.07, 6.45) is 4.05. The molecular weight excluding hydrogens is 233 g/mol. The molecule has 1 aliphatic carbocycles. The Balaban J connectivity index is 2.11. The number of hydrogen-bond acceptors (Lipinski definition) is 4. The largest absolute Gasteiger partial charge is 0.485 e. The molecule has 6 heteroatoms. The summed E-state index contributed by atoms with van der Waals surface area (Å²) < 4.78 is 5.38. The van der Waals surface area contributed by atoms with Crippen molar-refractivity contribution in [1.82, 2.24) is 4.90 Å². The Morgan fingerprint density at radius 1 is 1.44 bits per heavy atom. The number of hydrogen-bond donors (Lipinski definition) is 2. The summed E-state index contributed by atoms with van der Waals surface area (Å²) in [4.78, 5) is 13.8. The lowest BCUT2D eigenvalue weighted by atomic mass is 9.76. The van der Waals surface area contributed by atoms with Gasteiger partial charge in [0, 0.05) is 6.54 Å². The van der Waals surface area contributed by atoms with Crippen molar-refractivity contribution in [3.8, 4) is 0 Å². The van der Waals surface area contributed by atoms with Crippen molar-refractivity contribution in [3.05, 3.63) is 11.5 Å². The van der Waals surface area contributed by atoms with Gasteiger partial charge in [-0.1, -0.05) is 6.08 Å². The molecule has 1 aliphatic heterocycles. The van der Waals surface area contributed by atoms with Crippen molar-refractivity contribution >= 4 is 13.2 Å². The second-order valence-corrected chi connectivity index (χ2v) is 6.15. The van der Waals surface area contributed by atoms with Crippen LogP contribution in [0.2, 0.25) is 0 Å². The number of amides is 1. The van der Waals surface area contributed by atoms with Crippen molar-refractivity contribution in [2.24, 2.45) is 0 Å². The molecule has 2 N–H and O–H groups in total. The van der Waals surface area contributed by atoms with Gasteiger partial charge in [0.15, 0.2) is 0 Å². The van der Waals surface area contributed by atoms with Gasteiger partial charge in [-0.2, -0.15) is 0 Å². The number of ether oxygens (including phenoxy) is 1. The van der Waals surface area contributed by atoms with Crippen LogP contribution in [0, 0.1) is 0 Å². The van der Waals surface area contributed by atoms with E-state index in [1.807, 2.05) is 26.8 Å². The minimum Gasteiger partial charge on any atom is -0.444 e. The lowest BCUT2D eigenvalue weighted by molar-refractivity contribution is 0.0142. The smallest absolute Gasteiger partial charge is 0.444 e. The molecule has 1 saturated carbocycles. The van der Waals surface area contributed by atoms with E-state index in [0.717, 1.165) is 12.8 Å². The monoisotopic (exact) mass is 253 g/mol. The third-order valence-electron chi connectivity index (χ3n) is 3.43. The van der Waals surface area contributed by atoms with Crippen LogP contribution in [0.4, 0.5) is 4.79 Å². The first-order valence-electron chi connectivity index (χ1n) is 6.29. The SMILES string of the molecule is CC(C)(C)OC(=O)N1CC(B(O)O)=CCC12CC2. The first-order chi connectivity index (χ1) is 8.23. The van der Waals surface area contributed by atoms with Gasteiger partial charge in [-0.15, -0.1) is 0 Å². The van der Waals surface area contributed by atoms with Gasteiger partial charge in [0.05, 0.1) is 5.54 Å². The molecule has 0 aromatic carbocycles. The van der Waals surface area contributed by atoms with Crippen molar-refractivity contribution in [2.45, 2.75) is 51.2 Å². The Bertz CT molecular complexity index is 382. The van der Waals surface area contributed by atoms with Gasteiger partial charge in [0.25, 0.3) is 0 Å². The molecule has 1 fully saturated rings. The average molecular weight is 253 g/mol. The van der Waals surface area contributed by atoms with E-state index in [4.69, 9.17) is 4.74 Å². The molecule has 2 rings (SSSR count). The molecule has 1 heterocycles. The lowest BCUT2D eigenvalue weighted by Gasteiger charge is -2.37. The van der Waals surface area contributed by atoms with E-state index in [2.05, 4.69) is 0 Å². The van der Waals surface area contributed by atoms with E-state index < -0.39 is 12.7 Å². The Labute approximate surface area is 108 Å². The van der Waals surface area contributed by atoms with Gasteiger partial charge in [-0.3, -0.25) is 4.90 Å². The van der Waals surface area contributed by atoms with Crippen molar-refractivity contribution in [3.63, 3.8) is 0 Å². The summed E-state index contributed by atoms with van der Waals surface area (Å²) in [5.74, 6) is 0. The van der Waals surface area contributed by atoms with Crippen LogP contribution >= 0.6 is 0 Å². The molecule has 1 amide bonds. The van der Waals surface area contributed by atoms with Gasteiger partial charge in [-0.05, 0) is 45.5 Å². The van der Waals surface area contributed by atoms with Gasteiger partial charge in [0.1, 0.15) is 5.60 Å². The molecule has 5 nitrogen and oxygen atoms in total. The Hall–Kier alpha value is -1.01. The highest BCUT2D eigenvalue weighted by atomic mass is 16.6. The maximum Gasteiger partial charge on any atom is 0.485 e. The predicted molar refractivity (Wildman–Crippen MR) is 67.8 cm³/mol. The van der Waals surface area contributed by atoms with Crippen LogP contribution in [-0.2, 0) is 4.74 Å². The predicted octanol–water partition coefficient (Wildman–Crippen LogP) is 1.10. The standard InChI is InChI=1S/C12H20BNO4/c1-11(2,3)18-10(15)14-8-9(13(16)17)4-5-12(14)6-7-12/h4,16-17H,5-8H2,1-3H3. The van der Waals surface area contributed by atoms with Crippen LogP contribution in [0.25, 0.3) is 0 Å². The summed E-state index contributed by atoms with van der Waals surface area (Å²) in [5, 5.41) is 18.4. The molecule has 0 bridgehead atoms. The molecule has 0 unspecified atom stereocenters. The van der Waals surface area contributed by atoms with Crippen LogP contribution in [0.15, 0.2) is 11.5 Å². The molecule has 18 heavy (non-hydrogen) atoms. The van der Waals surface area contributed by atoms with Gasteiger partial charge < -0.3 is 14.8 Å². The molecule has 0 aromatic rings. The zero-order valence-electron chi connectivity index (χ0n) is 11.1. The summed E-state index contributed by atoms with van der Waals surface area (Å²) in [6.45, 7) is 5.72. The van der Waals surface area contributed by atoms with E-state index in [-0.39, 0.29) is 18.2 Å². The Kier molecular flexibility index (Phi) is 3.19. The second-order valence-electron chi connectivity index (χ2n) is 6.15. The maximum atomic E-state index is 12.2. The van der Waals surface area contributed by atoms with E-state index >= 15 is 0 Å². The third-order valence-corrected chi connectivity index (χ3v) is 3.43. The summed E-state index contributed by atoms with van der Waals surface area (Å²) >= 11 is 0. The molecule has 0 aromatic heterocycles. The third kappa shape index (κ3) is 2.70. The van der Waals surface area contributed by atoms with E-state index in [1.54, 1.807) is 4.90 Å². The molecule has 0 saturated heterocycles. The molecular formula is C12H20BNO4. The van der Waals surface area contributed by atoms with E-state index in [1.165, 1.54) is 0 Å². The lowest BCUT2D eigenvalue weighted by Crippen LogP contribution is -2.49. The highest BCUT2D eigenvalue weighted by Crippen LogP contribution is 2.48. The van der Waals surface area contributed by atoms with Crippen molar-refractivity contribution in [1.29, 1.82) is 0 Å². The minimum absolute atomic E-state index is 0.138. The average Bonchev–Trinajstić information content (AvgIpc) is 2.96. The fourth-order valence-corrected chi connectivity index (χ4v) is 2.23. The van der Waals surface area contributed by atoms with Crippen LogP contribution in [0.1, 0.15) is 40.0 Å². The van der Waals surface area contributed by atoms with Gasteiger partial charge in [-0.25, -0.2) is 4.79 Å². The fraction of sp³-hybridized carbons (Fsp3) is 0.750. The number of carbonyl (C=O) groups excluding carboxylic acids is 1. The van der Waals surface area contributed by atoms with Crippen LogP contribution in [0.3, 0.4) is 0 Å². The Morgan fingerprint density at radius 2 is 2.06 bits per heavy atom. The van der Waals surface area contributed by atoms with Crippen molar-refractivity contribution < 1.29 is 19.6 Å². The normalized spacial score (nSPS) is 21.6. The summed E-state index contributed by atoms with van der Waals surface area (Å²) in [5.41, 5.74) is -0.203. The fourth-order valence-electron chi connectivity index (χ4n) is 2.23. The number of nitrogens with zero attached hydrogens (tertiary/aromatic N) is 1. The second kappa shape index (κ2) is 4.28. The summed E-state index contributed by atoms with van der Waals surface area (Å²) in [7, 11) is -1.49. The molecule has 1 spiro atoms. The van der Waals surface area contributed by atoms with Crippen LogP contribution in [-0.4, -0.2) is 45.8 Å². The quantitative estimate of drug-likeness (QED) is 0.686. The van der Waals surface area contributed by atoms with E-state index in [9.17, 15) is 14.8 Å². The Morgan fingerprint density at radius 3 is 2.50 bits per heavy atom. The highest BCUT2D eigenvalue weighted by Gasteiger charge is 2.52. The van der Waals surface area contributed by atoms with Crippen LogP contribution in [0.5, 0.6) is 0 Å². The van der Waals surface area contributed by atoms with E-state index in [0.29, 0.717) is 11.9 Å². The summed E-state index contributed by atoms with van der Waals surface area (Å²) in [6, 6.07) is 0. The molecule has 0 atom stereocenters. The maximum absolute atomic E-state index is 12.2. The zero-order chi connectivity index (χ0) is 13.6. The number of rotatable bonds is 1. The zero-order valence-corrected chi connectivity index (χ0v) is 11.1. The first-order valence-corrected chi connectivity index (χ1v) is 6.29. The highest BCUT2D eigenvalue weighted by molar-refractivity contribution is 6.51. The number of carbonyl (C=O) groups is 1. The van der Waals surface area contributed by atoms with Crippen LogP contribution < -0.4 is 0 Å². The van der Waals surface area contributed by atoms with Crippen molar-refractivity contribution in [2.75, 3.05) is 6.54 Å². The first kappa shape index (κ1) is 13.4. The minimum atomic E-state index is -1.49. The topological polar surface area (TPSA) is 70.0 Å². The molecule has 0 radical (unpaired) electrons.